The lowest BCUT2D eigenvalue weighted by molar-refractivity contribution is -0.385. The molecule has 0 N–H and O–H groups in total. The molecule has 122 valence electrons. The van der Waals surface area contributed by atoms with Crippen LogP contribution in [0.4, 0.5) is 11.5 Å². The summed E-state index contributed by atoms with van der Waals surface area (Å²) in [6.07, 6.45) is 4.90. The van der Waals surface area contributed by atoms with Crippen LogP contribution in [0.5, 0.6) is 0 Å². The molecule has 1 atom stereocenters. The number of ether oxygens (including phenoxy) is 1. The van der Waals surface area contributed by atoms with E-state index in [0.29, 0.717) is 25.5 Å². The van der Waals surface area contributed by atoms with Crippen molar-refractivity contribution in [3.63, 3.8) is 0 Å². The molecule has 8 nitrogen and oxygen atoms in total. The summed E-state index contributed by atoms with van der Waals surface area (Å²) in [5, 5.41) is 15.2. The standard InChI is InChI=1S/C14H16ClN5O3/c1-14(10-6-17-18(2)8-10)9-19(3-4-23-14)13-12(15)5-11(7-16-13)20(21)22/h5-8H,3-4,9H2,1-2H3. The van der Waals surface area contributed by atoms with Crippen molar-refractivity contribution in [3.8, 4) is 0 Å². The van der Waals surface area contributed by atoms with Gasteiger partial charge >= 0.3 is 0 Å². The molecule has 0 aliphatic carbocycles. The molecule has 1 aliphatic heterocycles. The maximum absolute atomic E-state index is 10.8. The van der Waals surface area contributed by atoms with Crippen molar-refractivity contribution in [2.45, 2.75) is 12.5 Å². The number of rotatable bonds is 3. The van der Waals surface area contributed by atoms with Crippen molar-refractivity contribution in [1.82, 2.24) is 14.8 Å². The first kappa shape index (κ1) is 15.7. The Bertz CT molecular complexity index is 750. The van der Waals surface area contributed by atoms with Crippen LogP contribution in [0.15, 0.2) is 24.7 Å². The summed E-state index contributed by atoms with van der Waals surface area (Å²) in [6.45, 7) is 3.62. The molecule has 1 saturated heterocycles. The Morgan fingerprint density at radius 1 is 1.48 bits per heavy atom. The molecule has 1 aliphatic rings. The van der Waals surface area contributed by atoms with E-state index >= 15 is 0 Å². The highest BCUT2D eigenvalue weighted by atomic mass is 35.5. The molecule has 0 amide bonds. The predicted molar refractivity (Wildman–Crippen MR) is 84.6 cm³/mol. The number of aryl methyl sites for hydroxylation is 1. The molecule has 0 radical (unpaired) electrons. The molecule has 2 aromatic rings. The van der Waals surface area contributed by atoms with Gasteiger partial charge in [0.2, 0.25) is 0 Å². The first-order chi connectivity index (χ1) is 10.9. The van der Waals surface area contributed by atoms with Gasteiger partial charge in [0.25, 0.3) is 5.69 Å². The molecule has 3 heterocycles. The van der Waals surface area contributed by atoms with Gasteiger partial charge in [0.1, 0.15) is 17.6 Å². The summed E-state index contributed by atoms with van der Waals surface area (Å²) in [6, 6.07) is 1.32. The van der Waals surface area contributed by atoms with Crippen molar-refractivity contribution in [2.75, 3.05) is 24.6 Å². The van der Waals surface area contributed by atoms with Gasteiger partial charge in [-0.1, -0.05) is 11.6 Å². The van der Waals surface area contributed by atoms with Crippen LogP contribution in [0.25, 0.3) is 0 Å². The van der Waals surface area contributed by atoms with Crippen LogP contribution in [0.1, 0.15) is 12.5 Å². The molecular weight excluding hydrogens is 322 g/mol. The van der Waals surface area contributed by atoms with Crippen molar-refractivity contribution >= 4 is 23.1 Å². The largest absolute Gasteiger partial charge is 0.367 e. The molecule has 1 unspecified atom stereocenters. The highest BCUT2D eigenvalue weighted by Gasteiger charge is 2.36. The van der Waals surface area contributed by atoms with E-state index in [1.807, 2.05) is 25.1 Å². The summed E-state index contributed by atoms with van der Waals surface area (Å²) >= 11 is 6.18. The van der Waals surface area contributed by atoms with Crippen molar-refractivity contribution in [2.24, 2.45) is 7.05 Å². The molecule has 0 aromatic carbocycles. The second-order valence-electron chi connectivity index (χ2n) is 5.66. The zero-order valence-electron chi connectivity index (χ0n) is 12.8. The number of hydrogen-bond acceptors (Lipinski definition) is 6. The minimum atomic E-state index is -0.542. The molecule has 0 spiro atoms. The Labute approximate surface area is 137 Å². The minimum absolute atomic E-state index is 0.123. The monoisotopic (exact) mass is 337 g/mol. The van der Waals surface area contributed by atoms with Gasteiger partial charge in [-0.25, -0.2) is 4.98 Å². The maximum Gasteiger partial charge on any atom is 0.289 e. The van der Waals surface area contributed by atoms with Gasteiger partial charge in [0, 0.05) is 31.4 Å². The van der Waals surface area contributed by atoms with Crippen molar-refractivity contribution in [3.05, 3.63) is 45.4 Å². The van der Waals surface area contributed by atoms with Crippen LogP contribution in [0.3, 0.4) is 0 Å². The number of aromatic nitrogens is 3. The quantitative estimate of drug-likeness (QED) is 0.630. The molecule has 9 heteroatoms. The number of nitrogens with zero attached hydrogens (tertiary/aromatic N) is 5. The van der Waals surface area contributed by atoms with Crippen LogP contribution in [-0.4, -0.2) is 39.4 Å². The highest BCUT2D eigenvalue weighted by molar-refractivity contribution is 6.33. The maximum atomic E-state index is 10.8. The van der Waals surface area contributed by atoms with Gasteiger partial charge in [-0.05, 0) is 6.92 Å². The Kier molecular flexibility index (Phi) is 3.95. The molecule has 0 saturated carbocycles. The van der Waals surface area contributed by atoms with Gasteiger partial charge in [-0.2, -0.15) is 5.10 Å². The lowest BCUT2D eigenvalue weighted by atomic mass is 9.97. The zero-order valence-corrected chi connectivity index (χ0v) is 13.5. The number of halogens is 1. The van der Waals surface area contributed by atoms with E-state index in [4.69, 9.17) is 16.3 Å². The number of nitro groups is 1. The average molecular weight is 338 g/mol. The SMILES string of the molecule is Cn1cc(C2(C)CN(c3ncc([N+](=O)[O-])cc3Cl)CCO2)cn1. The number of anilines is 1. The van der Waals surface area contributed by atoms with Crippen LogP contribution in [0, 0.1) is 10.1 Å². The Morgan fingerprint density at radius 2 is 2.26 bits per heavy atom. The van der Waals surface area contributed by atoms with E-state index in [0.717, 1.165) is 5.56 Å². The molecule has 1 fully saturated rings. The summed E-state index contributed by atoms with van der Waals surface area (Å²) in [5.74, 6) is 0.524. The second kappa shape index (κ2) is 5.78. The topological polar surface area (TPSA) is 86.3 Å². The third-order valence-electron chi connectivity index (χ3n) is 3.91. The van der Waals surface area contributed by atoms with Gasteiger partial charge in [0.05, 0.1) is 29.3 Å². The van der Waals surface area contributed by atoms with Gasteiger partial charge in [-0.15, -0.1) is 0 Å². The van der Waals surface area contributed by atoms with Gasteiger partial charge in [-0.3, -0.25) is 14.8 Å². The fraction of sp³-hybridized carbons (Fsp3) is 0.429. The third-order valence-corrected chi connectivity index (χ3v) is 4.19. The molecule has 23 heavy (non-hydrogen) atoms. The van der Waals surface area contributed by atoms with E-state index in [1.54, 1.807) is 10.9 Å². The second-order valence-corrected chi connectivity index (χ2v) is 6.07. The number of morpholine rings is 1. The molecule has 0 bridgehead atoms. The lowest BCUT2D eigenvalue weighted by Crippen LogP contribution is -2.48. The average Bonchev–Trinajstić information content (AvgIpc) is 2.94. The first-order valence-corrected chi connectivity index (χ1v) is 7.45. The van der Waals surface area contributed by atoms with Crippen LogP contribution in [-0.2, 0) is 17.4 Å². The Hall–Kier alpha value is -2.19. The summed E-state index contributed by atoms with van der Waals surface area (Å²) in [4.78, 5) is 16.4. The van der Waals surface area contributed by atoms with E-state index in [-0.39, 0.29) is 10.7 Å². The van der Waals surface area contributed by atoms with Crippen molar-refractivity contribution < 1.29 is 9.66 Å². The van der Waals surface area contributed by atoms with Crippen LogP contribution < -0.4 is 4.90 Å². The third kappa shape index (κ3) is 2.99. The first-order valence-electron chi connectivity index (χ1n) is 7.07. The fourth-order valence-corrected chi connectivity index (χ4v) is 2.95. The summed E-state index contributed by atoms with van der Waals surface area (Å²) in [5.41, 5.74) is 0.295. The lowest BCUT2D eigenvalue weighted by Gasteiger charge is -2.40. The Morgan fingerprint density at radius 3 is 2.87 bits per heavy atom. The van der Waals surface area contributed by atoms with Gasteiger partial charge in [0.15, 0.2) is 0 Å². The van der Waals surface area contributed by atoms with Crippen LogP contribution >= 0.6 is 11.6 Å². The van der Waals surface area contributed by atoms with E-state index < -0.39 is 10.5 Å². The molecule has 2 aromatic heterocycles. The van der Waals surface area contributed by atoms with Gasteiger partial charge < -0.3 is 9.64 Å². The number of hydrogen-bond donors (Lipinski definition) is 0. The highest BCUT2D eigenvalue weighted by Crippen LogP contribution is 2.34. The van der Waals surface area contributed by atoms with Crippen LogP contribution in [0.2, 0.25) is 5.02 Å². The summed E-state index contributed by atoms with van der Waals surface area (Å²) in [7, 11) is 1.85. The fourth-order valence-electron chi connectivity index (χ4n) is 2.67. The van der Waals surface area contributed by atoms with Crippen molar-refractivity contribution in [1.29, 1.82) is 0 Å². The summed E-state index contributed by atoms with van der Waals surface area (Å²) < 4.78 is 7.67. The smallest absolute Gasteiger partial charge is 0.289 e. The minimum Gasteiger partial charge on any atom is -0.367 e. The van der Waals surface area contributed by atoms with E-state index in [1.165, 1.54) is 12.3 Å². The Balaban J connectivity index is 1.88. The predicted octanol–water partition coefficient (Wildman–Crippen LogP) is 2.13. The van der Waals surface area contributed by atoms with E-state index in [2.05, 4.69) is 10.1 Å². The van der Waals surface area contributed by atoms with E-state index in [9.17, 15) is 10.1 Å². The normalized spacial score (nSPS) is 21.4. The zero-order chi connectivity index (χ0) is 16.6. The number of pyridine rings is 1. The molecular formula is C14H16ClN5O3. The molecule has 3 rings (SSSR count).